The Morgan fingerprint density at radius 3 is 3.00 bits per heavy atom. The van der Waals surface area contributed by atoms with Crippen LogP contribution < -0.4 is 5.73 Å². The second-order valence-electron chi connectivity index (χ2n) is 2.03. The molecule has 1 heterocycles. The summed E-state index contributed by atoms with van der Waals surface area (Å²) >= 11 is 1.17. The fraction of sp³-hybridized carbons (Fsp3) is 0.143. The molecule has 1 rings (SSSR count). The first kappa shape index (κ1) is 8.68. The van der Waals surface area contributed by atoms with E-state index in [1.54, 1.807) is 12.1 Å². The van der Waals surface area contributed by atoms with Gasteiger partial charge in [-0.2, -0.15) is 5.26 Å². The fourth-order valence-corrected chi connectivity index (χ4v) is 1.12. The summed E-state index contributed by atoms with van der Waals surface area (Å²) in [4.78, 5) is 0. The van der Waals surface area contributed by atoms with Crippen molar-refractivity contribution < 1.29 is 4.42 Å². The zero-order valence-corrected chi connectivity index (χ0v) is 7.02. The van der Waals surface area contributed by atoms with Crippen LogP contribution in [-0.2, 0) is 5.75 Å². The highest BCUT2D eigenvalue weighted by molar-refractivity contribution is 8.13. The Labute approximate surface area is 73.9 Å². The van der Waals surface area contributed by atoms with E-state index in [0.717, 1.165) is 0 Å². The molecule has 0 fully saturated rings. The molecule has 0 atom stereocenters. The van der Waals surface area contributed by atoms with Crippen molar-refractivity contribution in [2.45, 2.75) is 5.75 Å². The minimum absolute atomic E-state index is 0.0462. The van der Waals surface area contributed by atoms with Crippen LogP contribution in [0.15, 0.2) is 16.5 Å². The lowest BCUT2D eigenvalue weighted by molar-refractivity contribution is 0.518. The van der Waals surface area contributed by atoms with E-state index in [9.17, 15) is 0 Å². The lowest BCUT2D eigenvalue weighted by Gasteiger charge is -1.93. The van der Waals surface area contributed by atoms with E-state index in [-0.39, 0.29) is 10.9 Å². The van der Waals surface area contributed by atoms with Crippen LogP contribution in [0, 0.1) is 16.7 Å². The Hall–Kier alpha value is -1.41. The van der Waals surface area contributed by atoms with Gasteiger partial charge in [-0.25, -0.2) is 0 Å². The third kappa shape index (κ3) is 2.32. The first-order chi connectivity index (χ1) is 5.72. The van der Waals surface area contributed by atoms with Crippen molar-refractivity contribution in [2.75, 3.05) is 0 Å². The molecule has 1 aromatic heterocycles. The van der Waals surface area contributed by atoms with Crippen LogP contribution in [0.25, 0.3) is 0 Å². The Bertz CT molecular complexity index is 326. The van der Waals surface area contributed by atoms with Gasteiger partial charge in [-0.05, 0) is 12.1 Å². The molecular weight excluding hydrogens is 174 g/mol. The maximum atomic E-state index is 8.41. The maximum absolute atomic E-state index is 8.41. The van der Waals surface area contributed by atoms with Crippen molar-refractivity contribution in [1.82, 2.24) is 0 Å². The summed E-state index contributed by atoms with van der Waals surface area (Å²) in [6, 6.07) is 5.17. The highest BCUT2D eigenvalue weighted by Crippen LogP contribution is 2.13. The fourth-order valence-electron chi connectivity index (χ4n) is 0.664. The molecule has 0 spiro atoms. The largest absolute Gasteiger partial charge is 0.450 e. The van der Waals surface area contributed by atoms with Crippen LogP contribution in [-0.4, -0.2) is 5.17 Å². The van der Waals surface area contributed by atoms with Crippen molar-refractivity contribution >= 4 is 16.9 Å². The summed E-state index contributed by atoms with van der Waals surface area (Å²) in [5.41, 5.74) is 5.12. The molecule has 0 saturated carbocycles. The third-order valence-electron chi connectivity index (χ3n) is 1.14. The smallest absolute Gasteiger partial charge is 0.203 e. The van der Waals surface area contributed by atoms with Gasteiger partial charge in [0.15, 0.2) is 5.17 Å². The predicted molar refractivity (Wildman–Crippen MR) is 46.6 cm³/mol. The van der Waals surface area contributed by atoms with Gasteiger partial charge in [0.25, 0.3) is 0 Å². The predicted octanol–water partition coefficient (Wildman–Crippen LogP) is 1.28. The number of nitrogens with one attached hydrogen (secondary N) is 1. The molecule has 4 nitrogen and oxygen atoms in total. The highest BCUT2D eigenvalue weighted by atomic mass is 32.2. The van der Waals surface area contributed by atoms with Gasteiger partial charge in [0.2, 0.25) is 5.76 Å². The van der Waals surface area contributed by atoms with E-state index in [4.69, 9.17) is 20.8 Å². The molecule has 0 radical (unpaired) electrons. The minimum atomic E-state index is 0.0462. The lowest BCUT2D eigenvalue weighted by atomic mass is 10.4. The molecule has 0 aromatic carbocycles. The average Bonchev–Trinajstić information content (AvgIpc) is 2.48. The van der Waals surface area contributed by atoms with Crippen molar-refractivity contribution in [2.24, 2.45) is 5.73 Å². The van der Waals surface area contributed by atoms with E-state index in [1.165, 1.54) is 11.8 Å². The highest BCUT2D eigenvalue weighted by Gasteiger charge is 2.01. The van der Waals surface area contributed by atoms with Gasteiger partial charge in [0.1, 0.15) is 11.8 Å². The summed E-state index contributed by atoms with van der Waals surface area (Å²) in [5, 5.41) is 15.4. The summed E-state index contributed by atoms with van der Waals surface area (Å²) in [6.45, 7) is 0. The Balaban J connectivity index is 2.54. The molecule has 0 bridgehead atoms. The molecule has 5 heteroatoms. The van der Waals surface area contributed by atoms with E-state index < -0.39 is 0 Å². The van der Waals surface area contributed by atoms with Gasteiger partial charge in [-0.15, -0.1) is 0 Å². The first-order valence-corrected chi connectivity index (χ1v) is 4.16. The first-order valence-electron chi connectivity index (χ1n) is 3.18. The zero-order valence-electron chi connectivity index (χ0n) is 6.20. The van der Waals surface area contributed by atoms with Crippen LogP contribution in [0.4, 0.5) is 0 Å². The number of nitriles is 1. The standard InChI is InChI=1S/C7H7N3OS/c8-3-5-1-2-6(11-5)4-12-7(9)10/h1-2H,4H2,(H3,9,10). The second kappa shape index (κ2) is 3.83. The monoisotopic (exact) mass is 181 g/mol. The van der Waals surface area contributed by atoms with Crippen molar-refractivity contribution in [3.63, 3.8) is 0 Å². The van der Waals surface area contributed by atoms with Crippen LogP contribution in [0.3, 0.4) is 0 Å². The number of nitrogens with two attached hydrogens (primary N) is 1. The maximum Gasteiger partial charge on any atom is 0.203 e. The van der Waals surface area contributed by atoms with Gasteiger partial charge in [-0.3, -0.25) is 5.41 Å². The molecule has 0 aliphatic carbocycles. The number of rotatable bonds is 2. The molecule has 0 aliphatic heterocycles. The Morgan fingerprint density at radius 1 is 1.75 bits per heavy atom. The van der Waals surface area contributed by atoms with Crippen LogP contribution in [0.2, 0.25) is 0 Å². The number of thioether (sulfide) groups is 1. The molecule has 0 amide bonds. The van der Waals surface area contributed by atoms with Crippen molar-refractivity contribution in [3.05, 3.63) is 23.7 Å². The summed E-state index contributed by atoms with van der Waals surface area (Å²) < 4.78 is 5.05. The molecular formula is C7H7N3OS. The second-order valence-corrected chi connectivity index (χ2v) is 3.05. The average molecular weight is 181 g/mol. The molecule has 0 saturated heterocycles. The minimum Gasteiger partial charge on any atom is -0.450 e. The lowest BCUT2D eigenvalue weighted by Crippen LogP contribution is -2.03. The van der Waals surface area contributed by atoms with Crippen molar-refractivity contribution in [1.29, 1.82) is 10.7 Å². The Kier molecular flexibility index (Phi) is 2.77. The van der Waals surface area contributed by atoms with Gasteiger partial charge >= 0.3 is 0 Å². The zero-order chi connectivity index (χ0) is 8.97. The van der Waals surface area contributed by atoms with Crippen LogP contribution >= 0.6 is 11.8 Å². The number of hydrogen-bond donors (Lipinski definition) is 2. The van der Waals surface area contributed by atoms with Gasteiger partial charge < -0.3 is 10.2 Å². The van der Waals surface area contributed by atoms with Crippen LogP contribution in [0.5, 0.6) is 0 Å². The SMILES string of the molecule is N#Cc1ccc(CSC(=N)N)o1. The molecule has 12 heavy (non-hydrogen) atoms. The van der Waals surface area contributed by atoms with Crippen LogP contribution in [0.1, 0.15) is 11.5 Å². The van der Waals surface area contributed by atoms with Gasteiger partial charge in [0.05, 0.1) is 5.75 Å². The number of amidine groups is 1. The summed E-state index contributed by atoms with van der Waals surface area (Å²) in [7, 11) is 0. The van der Waals surface area contributed by atoms with E-state index in [2.05, 4.69) is 0 Å². The number of hydrogen-bond acceptors (Lipinski definition) is 4. The summed E-state index contributed by atoms with van der Waals surface area (Å²) in [6.07, 6.45) is 0. The van der Waals surface area contributed by atoms with Gasteiger partial charge in [-0.1, -0.05) is 11.8 Å². The van der Waals surface area contributed by atoms with Gasteiger partial charge in [0, 0.05) is 0 Å². The normalized spacial score (nSPS) is 9.25. The molecule has 0 unspecified atom stereocenters. The molecule has 1 aromatic rings. The number of nitrogens with zero attached hydrogens (tertiary/aromatic N) is 1. The van der Waals surface area contributed by atoms with E-state index in [0.29, 0.717) is 11.5 Å². The summed E-state index contributed by atoms with van der Waals surface area (Å²) in [5.74, 6) is 1.44. The third-order valence-corrected chi connectivity index (χ3v) is 1.88. The van der Waals surface area contributed by atoms with E-state index in [1.807, 2.05) is 6.07 Å². The molecule has 3 N–H and O–H groups in total. The number of furan rings is 1. The quantitative estimate of drug-likeness (QED) is 0.531. The van der Waals surface area contributed by atoms with E-state index >= 15 is 0 Å². The van der Waals surface area contributed by atoms with Crippen molar-refractivity contribution in [3.8, 4) is 6.07 Å². The Morgan fingerprint density at radius 2 is 2.50 bits per heavy atom. The molecule has 0 aliphatic rings. The molecule has 62 valence electrons. The topological polar surface area (TPSA) is 86.8 Å².